The van der Waals surface area contributed by atoms with Gasteiger partial charge in [-0.15, -0.1) is 0 Å². The summed E-state index contributed by atoms with van der Waals surface area (Å²) in [5, 5.41) is 0. The number of hydrogen-bond acceptors (Lipinski definition) is 3. The first-order valence-corrected chi connectivity index (χ1v) is 10.9. The Kier molecular flexibility index (Phi) is 6.85. The van der Waals surface area contributed by atoms with Gasteiger partial charge in [-0.2, -0.15) is 0 Å². The largest absolute Gasteiger partial charge is 0.494 e. The summed E-state index contributed by atoms with van der Waals surface area (Å²) in [7, 11) is -3.56. The van der Waals surface area contributed by atoms with Crippen molar-refractivity contribution < 1.29 is 13.2 Å². The van der Waals surface area contributed by atoms with E-state index in [1.54, 1.807) is 24.3 Å². The van der Waals surface area contributed by atoms with Gasteiger partial charge in [0.2, 0.25) is 10.0 Å². The number of sulfonamides is 1. The molecule has 28 heavy (non-hydrogen) atoms. The molecule has 0 aliphatic carbocycles. The van der Waals surface area contributed by atoms with Gasteiger partial charge in [0.15, 0.2) is 0 Å². The molecule has 1 N–H and O–H groups in total. The molecule has 0 unspecified atom stereocenters. The lowest BCUT2D eigenvalue weighted by Gasteiger charge is -2.18. The van der Waals surface area contributed by atoms with Crippen molar-refractivity contribution in [1.82, 2.24) is 4.72 Å². The van der Waals surface area contributed by atoms with E-state index in [-0.39, 0.29) is 10.8 Å². The molecule has 0 amide bonds. The molecule has 0 radical (unpaired) electrons. The average molecular weight is 396 g/mol. The minimum atomic E-state index is -3.56. The van der Waals surface area contributed by atoms with Crippen LogP contribution in [0.25, 0.3) is 0 Å². The first kappa shape index (κ1) is 20.1. The predicted octanol–water partition coefficient (Wildman–Crippen LogP) is 4.59. The molecule has 3 aromatic rings. The number of benzene rings is 3. The maximum Gasteiger partial charge on any atom is 0.240 e. The van der Waals surface area contributed by atoms with Gasteiger partial charge in [-0.05, 0) is 48.7 Å². The molecule has 0 aliphatic rings. The summed E-state index contributed by atoms with van der Waals surface area (Å²) in [6.45, 7) is 2.79. The third-order valence-corrected chi connectivity index (χ3v) is 6.05. The Labute approximate surface area is 167 Å². The average Bonchev–Trinajstić information content (AvgIpc) is 2.73. The van der Waals surface area contributed by atoms with Crippen LogP contribution in [0.15, 0.2) is 89.8 Å². The summed E-state index contributed by atoms with van der Waals surface area (Å²) in [5.74, 6) is 0.792. The molecule has 0 saturated heterocycles. The number of hydrogen-bond donors (Lipinski definition) is 1. The lowest BCUT2D eigenvalue weighted by atomic mass is 9.89. The van der Waals surface area contributed by atoms with Crippen LogP contribution in [0, 0.1) is 0 Å². The van der Waals surface area contributed by atoms with E-state index in [0.717, 1.165) is 0 Å². The second-order valence-corrected chi connectivity index (χ2v) is 8.23. The maximum atomic E-state index is 12.6. The number of nitrogens with one attached hydrogen (secondary N) is 1. The van der Waals surface area contributed by atoms with Crippen molar-refractivity contribution in [1.29, 1.82) is 0 Å². The molecule has 146 valence electrons. The fourth-order valence-electron chi connectivity index (χ4n) is 3.20. The summed E-state index contributed by atoms with van der Waals surface area (Å²) in [4.78, 5) is 0.243. The lowest BCUT2D eigenvalue weighted by Crippen LogP contribution is -2.26. The van der Waals surface area contributed by atoms with Gasteiger partial charge in [0, 0.05) is 12.5 Å². The second-order valence-electron chi connectivity index (χ2n) is 6.46. The standard InChI is InChI=1S/C23H25NO3S/c1-2-27-21-13-15-22(16-14-21)28(25,26)24-18-17-23(19-9-5-3-6-10-19)20-11-7-4-8-12-20/h3-16,23-24H,2,17-18H2,1H3. The van der Waals surface area contributed by atoms with Crippen molar-refractivity contribution in [2.75, 3.05) is 13.2 Å². The lowest BCUT2D eigenvalue weighted by molar-refractivity contribution is 0.340. The van der Waals surface area contributed by atoms with Gasteiger partial charge in [-0.1, -0.05) is 60.7 Å². The monoisotopic (exact) mass is 395 g/mol. The minimum absolute atomic E-state index is 0.130. The molecule has 0 bridgehead atoms. The van der Waals surface area contributed by atoms with E-state index < -0.39 is 10.0 Å². The molecule has 4 nitrogen and oxygen atoms in total. The Morgan fingerprint density at radius 2 is 1.36 bits per heavy atom. The molecule has 0 heterocycles. The topological polar surface area (TPSA) is 55.4 Å². The van der Waals surface area contributed by atoms with Gasteiger partial charge in [-0.3, -0.25) is 0 Å². The van der Waals surface area contributed by atoms with Gasteiger partial charge < -0.3 is 4.74 Å². The Hall–Kier alpha value is -2.63. The van der Waals surface area contributed by atoms with Crippen molar-refractivity contribution in [3.8, 4) is 5.75 Å². The molecule has 0 atom stereocenters. The fourth-order valence-corrected chi connectivity index (χ4v) is 4.25. The quantitative estimate of drug-likeness (QED) is 0.577. The molecule has 3 rings (SSSR count). The fraction of sp³-hybridized carbons (Fsp3) is 0.217. The van der Waals surface area contributed by atoms with E-state index in [4.69, 9.17) is 4.74 Å². The number of rotatable bonds is 9. The van der Waals surface area contributed by atoms with E-state index in [1.165, 1.54) is 11.1 Å². The zero-order valence-corrected chi connectivity index (χ0v) is 16.7. The Balaban J connectivity index is 1.70. The second kappa shape index (κ2) is 9.53. The van der Waals surface area contributed by atoms with E-state index in [9.17, 15) is 8.42 Å². The van der Waals surface area contributed by atoms with E-state index >= 15 is 0 Å². The molecule has 0 spiro atoms. The highest BCUT2D eigenvalue weighted by Gasteiger charge is 2.17. The van der Waals surface area contributed by atoms with Crippen LogP contribution in [0.2, 0.25) is 0 Å². The summed E-state index contributed by atoms with van der Waals surface area (Å²) in [6, 6.07) is 26.8. The summed E-state index contributed by atoms with van der Waals surface area (Å²) in [5.41, 5.74) is 2.35. The SMILES string of the molecule is CCOc1ccc(S(=O)(=O)NCCC(c2ccccc2)c2ccccc2)cc1. The highest BCUT2D eigenvalue weighted by molar-refractivity contribution is 7.89. The third kappa shape index (κ3) is 5.21. The van der Waals surface area contributed by atoms with Crippen LogP contribution in [-0.2, 0) is 10.0 Å². The smallest absolute Gasteiger partial charge is 0.240 e. The van der Waals surface area contributed by atoms with Crippen LogP contribution in [0.5, 0.6) is 5.75 Å². The zero-order chi connectivity index (χ0) is 19.8. The van der Waals surface area contributed by atoms with Crippen molar-refractivity contribution >= 4 is 10.0 Å². The van der Waals surface area contributed by atoms with E-state index in [2.05, 4.69) is 29.0 Å². The van der Waals surface area contributed by atoms with Gasteiger partial charge in [0.1, 0.15) is 5.75 Å². The van der Waals surface area contributed by atoms with Crippen LogP contribution in [0.4, 0.5) is 0 Å². The maximum absolute atomic E-state index is 12.6. The molecule has 0 fully saturated rings. The highest BCUT2D eigenvalue weighted by Crippen LogP contribution is 2.27. The third-order valence-electron chi connectivity index (χ3n) is 4.57. The Morgan fingerprint density at radius 1 is 0.821 bits per heavy atom. The summed E-state index contributed by atoms with van der Waals surface area (Å²) < 4.78 is 33.3. The predicted molar refractivity (Wildman–Crippen MR) is 112 cm³/mol. The Bertz CT molecular complexity index is 916. The first-order valence-electron chi connectivity index (χ1n) is 9.42. The van der Waals surface area contributed by atoms with E-state index in [1.807, 2.05) is 43.3 Å². The van der Waals surface area contributed by atoms with Gasteiger partial charge in [0.25, 0.3) is 0 Å². The number of ether oxygens (including phenoxy) is 1. The molecule has 3 aromatic carbocycles. The van der Waals surface area contributed by atoms with Crippen molar-refractivity contribution in [2.24, 2.45) is 0 Å². The molecule has 0 saturated carbocycles. The van der Waals surface area contributed by atoms with Crippen LogP contribution in [0.3, 0.4) is 0 Å². The van der Waals surface area contributed by atoms with Gasteiger partial charge in [-0.25, -0.2) is 13.1 Å². The highest BCUT2D eigenvalue weighted by atomic mass is 32.2. The Morgan fingerprint density at radius 3 is 1.86 bits per heavy atom. The normalized spacial score (nSPS) is 11.5. The molecule has 5 heteroatoms. The van der Waals surface area contributed by atoms with Crippen LogP contribution >= 0.6 is 0 Å². The first-order chi connectivity index (χ1) is 13.6. The van der Waals surface area contributed by atoms with Crippen LogP contribution < -0.4 is 9.46 Å². The molecule has 0 aromatic heterocycles. The van der Waals surface area contributed by atoms with Gasteiger partial charge in [0.05, 0.1) is 11.5 Å². The van der Waals surface area contributed by atoms with Crippen molar-refractivity contribution in [3.63, 3.8) is 0 Å². The van der Waals surface area contributed by atoms with Gasteiger partial charge >= 0.3 is 0 Å². The molecular weight excluding hydrogens is 370 g/mol. The minimum Gasteiger partial charge on any atom is -0.494 e. The zero-order valence-electron chi connectivity index (χ0n) is 15.9. The van der Waals surface area contributed by atoms with Crippen LogP contribution in [0.1, 0.15) is 30.4 Å². The van der Waals surface area contributed by atoms with Crippen molar-refractivity contribution in [3.05, 3.63) is 96.1 Å². The molecular formula is C23H25NO3S. The molecule has 0 aliphatic heterocycles. The summed E-state index contributed by atoms with van der Waals surface area (Å²) in [6.07, 6.45) is 0.671. The summed E-state index contributed by atoms with van der Waals surface area (Å²) >= 11 is 0. The van der Waals surface area contributed by atoms with Crippen molar-refractivity contribution in [2.45, 2.75) is 24.2 Å². The van der Waals surface area contributed by atoms with E-state index in [0.29, 0.717) is 25.3 Å². The van der Waals surface area contributed by atoms with Crippen LogP contribution in [-0.4, -0.2) is 21.6 Å².